The normalized spacial score (nSPS) is 0. The molecule has 1 nitrogen and oxygen atoms in total. The molecular formula is AlCrOTi. The SMILES string of the molecule is [Al].[Cr].[O].[Ti]. The molecule has 0 N–H and O–H groups in total. The van der Waals surface area contributed by atoms with Crippen LogP contribution < -0.4 is 0 Å². The molecule has 0 aliphatic rings. The fourth-order valence-electron chi connectivity index (χ4n) is 0. The fourth-order valence-corrected chi connectivity index (χ4v) is 0. The maximum atomic E-state index is 0. The molecule has 0 saturated heterocycles. The summed E-state index contributed by atoms with van der Waals surface area (Å²) >= 11 is 0. The molecule has 0 aromatic heterocycles. The van der Waals surface area contributed by atoms with Crippen LogP contribution in [0.15, 0.2) is 0 Å². The van der Waals surface area contributed by atoms with Gasteiger partial charge in [0.05, 0.1) is 0 Å². The zero-order valence-electron chi connectivity index (χ0n) is 1.89. The Bertz CT molecular complexity index is 8.00. The molecule has 0 heterocycles. The van der Waals surface area contributed by atoms with Gasteiger partial charge in [0.25, 0.3) is 0 Å². The van der Waals surface area contributed by atoms with Gasteiger partial charge in [-0.05, 0) is 0 Å². The van der Waals surface area contributed by atoms with E-state index in [1.807, 2.05) is 0 Å². The molecule has 0 aromatic rings. The van der Waals surface area contributed by atoms with Crippen molar-refractivity contribution in [1.82, 2.24) is 0 Å². The van der Waals surface area contributed by atoms with Crippen molar-refractivity contribution in [2.75, 3.05) is 0 Å². The van der Waals surface area contributed by atoms with Gasteiger partial charge in [-0.25, -0.2) is 0 Å². The predicted molar refractivity (Wildman–Crippen MR) is 6.44 cm³/mol. The van der Waals surface area contributed by atoms with Gasteiger partial charge in [0.1, 0.15) is 0 Å². The molecule has 19 valence electrons. The first-order valence-electron chi connectivity index (χ1n) is 0. The van der Waals surface area contributed by atoms with Gasteiger partial charge >= 0.3 is 0 Å². The van der Waals surface area contributed by atoms with Gasteiger partial charge in [0.15, 0.2) is 0 Å². The minimum absolute atomic E-state index is 0. The van der Waals surface area contributed by atoms with Crippen molar-refractivity contribution in [3.63, 3.8) is 0 Å². The van der Waals surface area contributed by atoms with Gasteiger partial charge in [-0.3, -0.25) is 0 Å². The van der Waals surface area contributed by atoms with Gasteiger partial charge in [-0.15, -0.1) is 0 Å². The van der Waals surface area contributed by atoms with E-state index in [2.05, 4.69) is 0 Å². The summed E-state index contributed by atoms with van der Waals surface area (Å²) in [5.74, 6) is 0. The fraction of sp³-hybridized carbons (Fsp3) is 0. The summed E-state index contributed by atoms with van der Waals surface area (Å²) in [6, 6.07) is 0. The standard InChI is InChI=1S/Al.Cr.O.Ti. The molecule has 0 saturated carbocycles. The first kappa shape index (κ1) is 42.6. The van der Waals surface area contributed by atoms with Gasteiger partial charge in [-0.2, -0.15) is 0 Å². The molecule has 0 aromatic carbocycles. The third-order valence-electron chi connectivity index (χ3n) is 0. The van der Waals surface area contributed by atoms with E-state index in [-0.39, 0.29) is 61.9 Å². The van der Waals surface area contributed by atoms with Crippen molar-refractivity contribution in [2.45, 2.75) is 0 Å². The van der Waals surface area contributed by atoms with Gasteiger partial charge in [0.2, 0.25) is 0 Å². The zero-order chi connectivity index (χ0) is 0. The van der Waals surface area contributed by atoms with Crippen LogP contribution in [0.2, 0.25) is 0 Å². The van der Waals surface area contributed by atoms with E-state index < -0.39 is 0 Å². The van der Waals surface area contributed by atoms with E-state index in [1.54, 1.807) is 0 Å². The minimum atomic E-state index is 0. The Morgan fingerprint density at radius 1 is 1.00 bits per heavy atom. The van der Waals surface area contributed by atoms with E-state index in [1.165, 1.54) is 0 Å². The van der Waals surface area contributed by atoms with Crippen molar-refractivity contribution in [1.29, 1.82) is 0 Å². The van der Waals surface area contributed by atoms with Crippen molar-refractivity contribution >= 4 is 17.4 Å². The molecule has 0 amide bonds. The van der Waals surface area contributed by atoms with Crippen LogP contribution in [0.3, 0.4) is 0 Å². The Balaban J connectivity index is 0. The molecule has 0 aliphatic heterocycles. The van der Waals surface area contributed by atoms with E-state index in [9.17, 15) is 0 Å². The molecule has 4 heavy (non-hydrogen) atoms. The third kappa shape index (κ3) is 9.28. The van der Waals surface area contributed by atoms with Crippen LogP contribution in [0.5, 0.6) is 0 Å². The molecular weight excluding hydrogens is 143 g/mol. The van der Waals surface area contributed by atoms with Crippen LogP contribution in [-0.4, -0.2) is 17.4 Å². The molecule has 0 atom stereocenters. The van der Waals surface area contributed by atoms with Crippen molar-refractivity contribution in [3.8, 4) is 0 Å². The first-order chi connectivity index (χ1) is 0. The summed E-state index contributed by atoms with van der Waals surface area (Å²) in [6.07, 6.45) is 0. The maximum Gasteiger partial charge on any atom is 0 e. The van der Waals surface area contributed by atoms with Gasteiger partial charge in [0, 0.05) is 61.9 Å². The number of rotatable bonds is 0. The molecule has 0 rings (SSSR count). The summed E-state index contributed by atoms with van der Waals surface area (Å²) in [5.41, 5.74) is 0. The van der Waals surface area contributed by atoms with E-state index in [4.69, 9.17) is 0 Å². The Labute approximate surface area is 61.6 Å². The summed E-state index contributed by atoms with van der Waals surface area (Å²) in [7, 11) is 0. The second-order valence-corrected chi connectivity index (χ2v) is 0. The van der Waals surface area contributed by atoms with Crippen LogP contribution in [0.4, 0.5) is 0 Å². The maximum absolute atomic E-state index is 0. The predicted octanol–water partition coefficient (Wildman–Crippen LogP) is -0.505. The Hall–Kier alpha value is 1.74. The average molecular weight is 143 g/mol. The largest absolute Gasteiger partial charge is 0 e. The van der Waals surface area contributed by atoms with Gasteiger partial charge in [-0.1, -0.05) is 0 Å². The van der Waals surface area contributed by atoms with Crippen LogP contribution in [0.1, 0.15) is 0 Å². The number of hydrogen-bond donors (Lipinski definition) is 0. The molecule has 4 heteroatoms. The molecule has 5 radical (unpaired) electrons. The van der Waals surface area contributed by atoms with Crippen molar-refractivity contribution < 1.29 is 44.6 Å². The molecule has 0 spiro atoms. The Morgan fingerprint density at radius 3 is 1.00 bits per heavy atom. The number of hydrogen-bond acceptors (Lipinski definition) is 0. The Kier molecular flexibility index (Phi) is 233. The van der Waals surface area contributed by atoms with Crippen molar-refractivity contribution in [2.24, 2.45) is 0 Å². The second kappa shape index (κ2) is 21.9. The smallest absolute Gasteiger partial charge is 0 e. The quantitative estimate of drug-likeness (QED) is 0.408. The van der Waals surface area contributed by atoms with Crippen LogP contribution in [0, 0.1) is 0 Å². The Morgan fingerprint density at radius 2 is 1.00 bits per heavy atom. The monoisotopic (exact) mass is 143 g/mol. The van der Waals surface area contributed by atoms with Crippen LogP contribution in [-0.2, 0) is 44.6 Å². The summed E-state index contributed by atoms with van der Waals surface area (Å²) < 4.78 is 0. The van der Waals surface area contributed by atoms with Gasteiger partial charge < -0.3 is 0 Å². The summed E-state index contributed by atoms with van der Waals surface area (Å²) in [5, 5.41) is 0. The average Bonchev–Trinajstić information content (AvgIpc) is 0. The van der Waals surface area contributed by atoms with Crippen molar-refractivity contribution in [3.05, 3.63) is 0 Å². The molecule has 0 bridgehead atoms. The minimum Gasteiger partial charge on any atom is 0 e. The molecule has 0 fully saturated rings. The summed E-state index contributed by atoms with van der Waals surface area (Å²) in [6.45, 7) is 0. The summed E-state index contributed by atoms with van der Waals surface area (Å²) in [4.78, 5) is 0. The molecule has 0 unspecified atom stereocenters. The van der Waals surface area contributed by atoms with Crippen LogP contribution >= 0.6 is 0 Å². The molecule has 0 aliphatic carbocycles. The third-order valence-corrected chi connectivity index (χ3v) is 0. The van der Waals surface area contributed by atoms with E-state index in [0.717, 1.165) is 0 Å². The zero-order valence-corrected chi connectivity index (χ0v) is 5.89. The second-order valence-electron chi connectivity index (χ2n) is 0. The first-order valence-corrected chi connectivity index (χ1v) is 0. The topological polar surface area (TPSA) is 28.5 Å². The van der Waals surface area contributed by atoms with E-state index >= 15 is 0 Å². The van der Waals surface area contributed by atoms with Crippen LogP contribution in [0.25, 0.3) is 0 Å². The van der Waals surface area contributed by atoms with E-state index in [0.29, 0.717) is 0 Å².